The van der Waals surface area contributed by atoms with Gasteiger partial charge in [0.1, 0.15) is 5.82 Å². The van der Waals surface area contributed by atoms with Crippen molar-refractivity contribution in [3.05, 3.63) is 53.1 Å². The number of rotatable bonds is 3. The molecule has 1 saturated heterocycles. The molecule has 0 N–H and O–H groups in total. The molecule has 1 aliphatic rings. The van der Waals surface area contributed by atoms with Crippen molar-refractivity contribution in [1.82, 2.24) is 14.7 Å². The number of nitrogens with zero attached hydrogens (tertiary/aromatic N) is 3. The molecule has 20 heavy (non-hydrogen) atoms. The Bertz CT molecular complexity index is 606. The highest BCUT2D eigenvalue weighted by Crippen LogP contribution is 2.28. The number of hydrogen-bond donors (Lipinski definition) is 0. The summed E-state index contributed by atoms with van der Waals surface area (Å²) in [4.78, 5) is 2.40. The maximum Gasteiger partial charge on any atom is 0.123 e. The van der Waals surface area contributed by atoms with Gasteiger partial charge in [-0.3, -0.25) is 9.58 Å². The zero-order valence-corrected chi connectivity index (χ0v) is 12.0. The fourth-order valence-electron chi connectivity index (χ4n) is 2.95. The molecule has 106 valence electrons. The molecule has 2 aromatic rings. The van der Waals surface area contributed by atoms with Gasteiger partial charge in [-0.15, -0.1) is 0 Å². The number of likely N-dealkylation sites (tertiary alicyclic amines) is 1. The normalized spacial score (nSPS) is 19.6. The van der Waals surface area contributed by atoms with E-state index in [1.807, 2.05) is 30.9 Å². The van der Waals surface area contributed by atoms with E-state index in [4.69, 9.17) is 0 Å². The third-order valence-corrected chi connectivity index (χ3v) is 4.17. The molecule has 0 spiro atoms. The number of hydrogen-bond acceptors (Lipinski definition) is 2. The highest BCUT2D eigenvalue weighted by atomic mass is 19.1. The summed E-state index contributed by atoms with van der Waals surface area (Å²) in [6.45, 7) is 4.97. The smallest absolute Gasteiger partial charge is 0.123 e. The summed E-state index contributed by atoms with van der Waals surface area (Å²) in [5.74, 6) is 0.408. The van der Waals surface area contributed by atoms with Crippen LogP contribution in [-0.2, 0) is 13.6 Å². The number of halogens is 1. The Morgan fingerprint density at radius 3 is 3.00 bits per heavy atom. The van der Waals surface area contributed by atoms with Crippen LogP contribution in [0.1, 0.15) is 29.0 Å². The van der Waals surface area contributed by atoms with Gasteiger partial charge in [-0.1, -0.05) is 6.07 Å². The molecule has 1 aromatic carbocycles. The molecule has 3 nitrogen and oxygen atoms in total. The fourth-order valence-corrected chi connectivity index (χ4v) is 2.95. The van der Waals surface area contributed by atoms with Gasteiger partial charge >= 0.3 is 0 Å². The molecule has 4 heteroatoms. The second-order valence-electron chi connectivity index (χ2n) is 5.74. The summed E-state index contributed by atoms with van der Waals surface area (Å²) >= 11 is 0. The second kappa shape index (κ2) is 5.37. The van der Waals surface area contributed by atoms with E-state index in [1.165, 1.54) is 11.6 Å². The van der Waals surface area contributed by atoms with Gasteiger partial charge in [0.25, 0.3) is 0 Å². The SMILES string of the molecule is Cc1ccc(F)cc1CN1CCC(c2cnn(C)c2)C1. The summed E-state index contributed by atoms with van der Waals surface area (Å²) in [7, 11) is 1.95. The fraction of sp³-hybridized carbons (Fsp3) is 0.438. The Hall–Kier alpha value is -1.68. The molecule has 0 radical (unpaired) electrons. The average molecular weight is 273 g/mol. The highest BCUT2D eigenvalue weighted by molar-refractivity contribution is 5.26. The van der Waals surface area contributed by atoms with Crippen LogP contribution in [0, 0.1) is 12.7 Å². The van der Waals surface area contributed by atoms with Crippen molar-refractivity contribution in [2.75, 3.05) is 13.1 Å². The number of aromatic nitrogens is 2. The summed E-state index contributed by atoms with van der Waals surface area (Å²) in [5.41, 5.74) is 3.57. The molecule has 0 aliphatic carbocycles. The van der Waals surface area contributed by atoms with Gasteiger partial charge in [-0.2, -0.15) is 5.10 Å². The standard InChI is InChI=1S/C16H20FN3/c1-12-3-4-16(17)7-14(12)11-20-6-5-13(10-20)15-8-18-19(2)9-15/h3-4,7-9,13H,5-6,10-11H2,1-2H3. The predicted molar refractivity (Wildman–Crippen MR) is 77.0 cm³/mol. The average Bonchev–Trinajstić information content (AvgIpc) is 3.03. The van der Waals surface area contributed by atoms with Gasteiger partial charge in [0.2, 0.25) is 0 Å². The Morgan fingerprint density at radius 1 is 1.40 bits per heavy atom. The zero-order valence-electron chi connectivity index (χ0n) is 12.0. The lowest BCUT2D eigenvalue weighted by atomic mass is 10.0. The van der Waals surface area contributed by atoms with Gasteiger partial charge in [-0.25, -0.2) is 4.39 Å². The van der Waals surface area contributed by atoms with Crippen LogP contribution in [0.5, 0.6) is 0 Å². The van der Waals surface area contributed by atoms with Crippen molar-refractivity contribution in [2.45, 2.75) is 25.8 Å². The van der Waals surface area contributed by atoms with E-state index in [0.717, 1.165) is 37.2 Å². The molecule has 1 atom stereocenters. The van der Waals surface area contributed by atoms with Crippen molar-refractivity contribution in [2.24, 2.45) is 7.05 Å². The molecule has 0 amide bonds. The summed E-state index contributed by atoms with van der Waals surface area (Å²) < 4.78 is 15.2. The molecule has 0 bridgehead atoms. The number of benzene rings is 1. The Kier molecular flexibility index (Phi) is 3.57. The van der Waals surface area contributed by atoms with Gasteiger partial charge in [0.15, 0.2) is 0 Å². The first-order valence-corrected chi connectivity index (χ1v) is 7.08. The second-order valence-corrected chi connectivity index (χ2v) is 5.74. The van der Waals surface area contributed by atoms with E-state index in [1.54, 1.807) is 6.07 Å². The quantitative estimate of drug-likeness (QED) is 0.857. The first-order chi connectivity index (χ1) is 9.61. The van der Waals surface area contributed by atoms with Crippen LogP contribution in [0.3, 0.4) is 0 Å². The van der Waals surface area contributed by atoms with E-state index < -0.39 is 0 Å². The molecular formula is C16H20FN3. The molecule has 3 rings (SSSR count). The minimum atomic E-state index is -0.145. The molecule has 0 saturated carbocycles. The van der Waals surface area contributed by atoms with Gasteiger partial charge < -0.3 is 0 Å². The van der Waals surface area contributed by atoms with Crippen LogP contribution in [0.4, 0.5) is 4.39 Å². The molecule has 1 aliphatic heterocycles. The minimum absolute atomic E-state index is 0.145. The first kappa shape index (κ1) is 13.3. The molecule has 1 unspecified atom stereocenters. The molecular weight excluding hydrogens is 253 g/mol. The monoisotopic (exact) mass is 273 g/mol. The van der Waals surface area contributed by atoms with Crippen LogP contribution in [0.2, 0.25) is 0 Å². The molecule has 1 fully saturated rings. The van der Waals surface area contributed by atoms with Crippen molar-refractivity contribution in [3.8, 4) is 0 Å². The highest BCUT2D eigenvalue weighted by Gasteiger charge is 2.25. The first-order valence-electron chi connectivity index (χ1n) is 7.08. The van der Waals surface area contributed by atoms with Gasteiger partial charge in [0.05, 0.1) is 6.20 Å². The molecule has 1 aromatic heterocycles. The molecule has 2 heterocycles. The van der Waals surface area contributed by atoms with Gasteiger partial charge in [0, 0.05) is 32.3 Å². The third-order valence-electron chi connectivity index (χ3n) is 4.17. The Balaban J connectivity index is 1.67. The van der Waals surface area contributed by atoms with Crippen molar-refractivity contribution >= 4 is 0 Å². The Morgan fingerprint density at radius 2 is 2.25 bits per heavy atom. The van der Waals surface area contributed by atoms with Crippen LogP contribution >= 0.6 is 0 Å². The van der Waals surface area contributed by atoms with Crippen LogP contribution < -0.4 is 0 Å². The summed E-state index contributed by atoms with van der Waals surface area (Å²) in [5, 5.41) is 4.24. The lowest BCUT2D eigenvalue weighted by Gasteiger charge is -2.17. The third kappa shape index (κ3) is 2.75. The largest absolute Gasteiger partial charge is 0.298 e. The van der Waals surface area contributed by atoms with Crippen LogP contribution in [-0.4, -0.2) is 27.8 Å². The zero-order chi connectivity index (χ0) is 14.1. The lowest BCUT2D eigenvalue weighted by Crippen LogP contribution is -2.20. The van der Waals surface area contributed by atoms with Crippen molar-refractivity contribution in [3.63, 3.8) is 0 Å². The van der Waals surface area contributed by atoms with Crippen LogP contribution in [0.15, 0.2) is 30.6 Å². The van der Waals surface area contributed by atoms with Crippen LogP contribution in [0.25, 0.3) is 0 Å². The lowest BCUT2D eigenvalue weighted by molar-refractivity contribution is 0.325. The summed E-state index contributed by atoms with van der Waals surface area (Å²) in [6.07, 6.45) is 5.21. The van der Waals surface area contributed by atoms with E-state index in [2.05, 4.69) is 16.2 Å². The maximum atomic E-state index is 13.3. The Labute approximate surface area is 119 Å². The van der Waals surface area contributed by atoms with Crippen molar-refractivity contribution in [1.29, 1.82) is 0 Å². The van der Waals surface area contributed by atoms with E-state index in [-0.39, 0.29) is 5.82 Å². The summed E-state index contributed by atoms with van der Waals surface area (Å²) in [6, 6.07) is 5.05. The van der Waals surface area contributed by atoms with Gasteiger partial charge in [-0.05, 0) is 48.7 Å². The van der Waals surface area contributed by atoms with E-state index >= 15 is 0 Å². The van der Waals surface area contributed by atoms with Crippen molar-refractivity contribution < 1.29 is 4.39 Å². The van der Waals surface area contributed by atoms with E-state index in [9.17, 15) is 4.39 Å². The minimum Gasteiger partial charge on any atom is -0.298 e. The maximum absolute atomic E-state index is 13.3. The topological polar surface area (TPSA) is 21.1 Å². The van der Waals surface area contributed by atoms with E-state index in [0.29, 0.717) is 5.92 Å². The number of aryl methyl sites for hydroxylation is 2. The predicted octanol–water partition coefficient (Wildman–Crippen LogP) is 2.86.